The Hall–Kier alpha value is -2.88. The molecule has 0 amide bonds. The van der Waals surface area contributed by atoms with Gasteiger partial charge in [-0.3, -0.25) is 9.59 Å². The highest BCUT2D eigenvalue weighted by molar-refractivity contribution is 6.15. The number of ether oxygens (including phenoxy) is 1. The van der Waals surface area contributed by atoms with Crippen LogP contribution in [0.3, 0.4) is 0 Å². The van der Waals surface area contributed by atoms with Gasteiger partial charge in [0, 0.05) is 16.9 Å². The standard InChI is InChI=1S/C19H14O4/c1-22-19(21)16-14(11-7-3-2-4-8-11)15-12-9-5-6-10-13(12)23-18(15)17(16)20/h2-10,14,16H,1H3/t14-,16+/m1/s1. The Morgan fingerprint density at radius 1 is 1.04 bits per heavy atom. The fourth-order valence-corrected chi connectivity index (χ4v) is 3.41. The summed E-state index contributed by atoms with van der Waals surface area (Å²) in [5, 5.41) is 0.871. The first-order valence-corrected chi connectivity index (χ1v) is 7.40. The van der Waals surface area contributed by atoms with Crippen LogP contribution in [0.2, 0.25) is 0 Å². The monoisotopic (exact) mass is 306 g/mol. The van der Waals surface area contributed by atoms with Crippen molar-refractivity contribution < 1.29 is 18.7 Å². The second kappa shape index (κ2) is 5.09. The van der Waals surface area contributed by atoms with E-state index in [-0.39, 0.29) is 17.5 Å². The Labute approximate surface area is 132 Å². The number of esters is 1. The maximum absolute atomic E-state index is 12.8. The van der Waals surface area contributed by atoms with Crippen LogP contribution in [0.1, 0.15) is 27.6 Å². The van der Waals surface area contributed by atoms with Crippen molar-refractivity contribution in [1.29, 1.82) is 0 Å². The summed E-state index contributed by atoms with van der Waals surface area (Å²) >= 11 is 0. The van der Waals surface area contributed by atoms with Gasteiger partial charge in [0.1, 0.15) is 11.5 Å². The molecule has 3 aromatic rings. The summed E-state index contributed by atoms with van der Waals surface area (Å²) in [6, 6.07) is 17.0. The molecule has 0 fully saturated rings. The number of rotatable bonds is 2. The van der Waals surface area contributed by atoms with Crippen molar-refractivity contribution >= 4 is 22.7 Å². The molecule has 0 radical (unpaired) electrons. The Kier molecular flexibility index (Phi) is 3.05. The van der Waals surface area contributed by atoms with E-state index in [4.69, 9.17) is 9.15 Å². The van der Waals surface area contributed by atoms with Crippen molar-refractivity contribution in [2.24, 2.45) is 5.92 Å². The number of Topliss-reactive ketones (excluding diaryl/α,β-unsaturated/α-hetero) is 1. The molecule has 4 rings (SSSR count). The van der Waals surface area contributed by atoms with E-state index in [1.54, 1.807) is 0 Å². The van der Waals surface area contributed by atoms with Gasteiger partial charge in [0.2, 0.25) is 5.78 Å². The van der Waals surface area contributed by atoms with Crippen molar-refractivity contribution in [3.63, 3.8) is 0 Å². The number of ketones is 1. The molecule has 1 aliphatic rings. The smallest absolute Gasteiger partial charge is 0.317 e. The van der Waals surface area contributed by atoms with E-state index in [1.165, 1.54) is 7.11 Å². The Morgan fingerprint density at radius 3 is 2.48 bits per heavy atom. The molecule has 4 heteroatoms. The molecule has 4 nitrogen and oxygen atoms in total. The van der Waals surface area contributed by atoms with Gasteiger partial charge in [0.15, 0.2) is 5.76 Å². The zero-order chi connectivity index (χ0) is 16.0. The number of carbonyl (C=O) groups excluding carboxylic acids is 2. The Morgan fingerprint density at radius 2 is 1.74 bits per heavy atom. The van der Waals surface area contributed by atoms with Gasteiger partial charge >= 0.3 is 5.97 Å². The van der Waals surface area contributed by atoms with Crippen LogP contribution in [0.4, 0.5) is 0 Å². The molecule has 2 aromatic carbocycles. The number of carbonyl (C=O) groups is 2. The van der Waals surface area contributed by atoms with Gasteiger partial charge < -0.3 is 9.15 Å². The molecule has 0 bridgehead atoms. The molecule has 0 aliphatic heterocycles. The molecule has 0 spiro atoms. The van der Waals surface area contributed by atoms with Crippen molar-refractivity contribution in [3.05, 3.63) is 71.5 Å². The van der Waals surface area contributed by atoms with Gasteiger partial charge in [0.05, 0.1) is 7.11 Å². The molecule has 1 aromatic heterocycles. The van der Waals surface area contributed by atoms with Crippen LogP contribution in [-0.2, 0) is 9.53 Å². The molecule has 114 valence electrons. The lowest BCUT2D eigenvalue weighted by Crippen LogP contribution is -2.26. The minimum absolute atomic E-state index is 0.274. The van der Waals surface area contributed by atoms with Gasteiger partial charge in [-0.1, -0.05) is 48.5 Å². The number of fused-ring (bicyclic) bond motifs is 3. The minimum atomic E-state index is -0.888. The molecule has 1 aliphatic carbocycles. The minimum Gasteiger partial charge on any atom is -0.468 e. The largest absolute Gasteiger partial charge is 0.468 e. The number of hydrogen-bond donors (Lipinski definition) is 0. The second-order valence-electron chi connectivity index (χ2n) is 5.59. The second-order valence-corrected chi connectivity index (χ2v) is 5.59. The zero-order valence-corrected chi connectivity index (χ0v) is 12.5. The van der Waals surface area contributed by atoms with Gasteiger partial charge in [-0.05, 0) is 11.6 Å². The summed E-state index contributed by atoms with van der Waals surface area (Å²) in [5.74, 6) is -1.83. The van der Waals surface area contributed by atoms with Gasteiger partial charge in [0.25, 0.3) is 0 Å². The quantitative estimate of drug-likeness (QED) is 0.536. The highest BCUT2D eigenvalue weighted by atomic mass is 16.5. The van der Waals surface area contributed by atoms with Gasteiger partial charge in [-0.2, -0.15) is 0 Å². The molecule has 1 heterocycles. The maximum atomic E-state index is 12.8. The summed E-state index contributed by atoms with van der Waals surface area (Å²) in [4.78, 5) is 25.0. The summed E-state index contributed by atoms with van der Waals surface area (Å²) in [6.07, 6.45) is 0. The number of benzene rings is 2. The van der Waals surface area contributed by atoms with Crippen LogP contribution in [0.25, 0.3) is 11.0 Å². The van der Waals surface area contributed by atoms with E-state index in [0.717, 1.165) is 16.5 Å². The van der Waals surface area contributed by atoms with Gasteiger partial charge in [-0.15, -0.1) is 0 Å². The van der Waals surface area contributed by atoms with Crippen LogP contribution in [0.5, 0.6) is 0 Å². The SMILES string of the molecule is COC(=O)[C@@H]1C(=O)c2oc3ccccc3c2[C@H]1c1ccccc1. The molecule has 0 N–H and O–H groups in total. The average Bonchev–Trinajstić information content (AvgIpc) is 3.10. The van der Waals surface area contributed by atoms with E-state index in [0.29, 0.717) is 5.58 Å². The first-order valence-electron chi connectivity index (χ1n) is 7.40. The number of hydrogen-bond acceptors (Lipinski definition) is 4. The number of furan rings is 1. The summed E-state index contributed by atoms with van der Waals surface area (Å²) in [5.41, 5.74) is 2.35. The van der Waals surface area contributed by atoms with Crippen molar-refractivity contribution in [3.8, 4) is 0 Å². The average molecular weight is 306 g/mol. The van der Waals surface area contributed by atoms with Gasteiger partial charge in [-0.25, -0.2) is 0 Å². The molecule has 0 saturated carbocycles. The molecule has 23 heavy (non-hydrogen) atoms. The molecule has 0 unspecified atom stereocenters. The van der Waals surface area contributed by atoms with E-state index in [2.05, 4.69) is 0 Å². The summed E-state index contributed by atoms with van der Waals surface area (Å²) in [6.45, 7) is 0. The van der Waals surface area contributed by atoms with Crippen LogP contribution < -0.4 is 0 Å². The predicted molar refractivity (Wildman–Crippen MR) is 84.3 cm³/mol. The highest BCUT2D eigenvalue weighted by Crippen LogP contribution is 2.47. The van der Waals surface area contributed by atoms with E-state index in [1.807, 2.05) is 54.6 Å². The molecular weight excluding hydrogens is 292 g/mol. The fraction of sp³-hybridized carbons (Fsp3) is 0.158. The Balaban J connectivity index is 2.00. The lowest BCUT2D eigenvalue weighted by molar-refractivity contribution is -0.143. The summed E-state index contributed by atoms with van der Waals surface area (Å²) < 4.78 is 10.6. The molecule has 2 atom stereocenters. The third-order valence-corrected chi connectivity index (χ3v) is 4.40. The Bertz CT molecular complexity index is 908. The van der Waals surface area contributed by atoms with Crippen molar-refractivity contribution in [2.75, 3.05) is 7.11 Å². The lowest BCUT2D eigenvalue weighted by Gasteiger charge is -2.17. The maximum Gasteiger partial charge on any atom is 0.317 e. The van der Waals surface area contributed by atoms with E-state index < -0.39 is 11.9 Å². The third-order valence-electron chi connectivity index (χ3n) is 4.40. The first kappa shape index (κ1) is 13.8. The van der Waals surface area contributed by atoms with Crippen molar-refractivity contribution in [2.45, 2.75) is 5.92 Å². The molecular formula is C19H14O4. The van der Waals surface area contributed by atoms with Crippen molar-refractivity contribution in [1.82, 2.24) is 0 Å². The molecule has 0 saturated heterocycles. The van der Waals surface area contributed by atoms with Crippen LogP contribution in [-0.4, -0.2) is 18.9 Å². The van der Waals surface area contributed by atoms with E-state index >= 15 is 0 Å². The number of para-hydroxylation sites is 1. The van der Waals surface area contributed by atoms with Crippen LogP contribution >= 0.6 is 0 Å². The first-order chi connectivity index (χ1) is 11.2. The predicted octanol–water partition coefficient (Wildman–Crippen LogP) is 3.55. The summed E-state index contributed by atoms with van der Waals surface area (Å²) in [7, 11) is 1.30. The van der Waals surface area contributed by atoms with Crippen LogP contribution in [0.15, 0.2) is 59.0 Å². The normalized spacial score (nSPS) is 19.8. The highest BCUT2D eigenvalue weighted by Gasteiger charge is 2.49. The number of methoxy groups -OCH3 is 1. The third kappa shape index (κ3) is 1.91. The lowest BCUT2D eigenvalue weighted by atomic mass is 9.84. The topological polar surface area (TPSA) is 56.5 Å². The van der Waals surface area contributed by atoms with E-state index in [9.17, 15) is 9.59 Å². The van der Waals surface area contributed by atoms with Crippen LogP contribution in [0, 0.1) is 5.92 Å². The fourth-order valence-electron chi connectivity index (χ4n) is 3.41. The zero-order valence-electron chi connectivity index (χ0n) is 12.5.